The van der Waals surface area contributed by atoms with Crippen molar-refractivity contribution in [1.82, 2.24) is 5.32 Å². The van der Waals surface area contributed by atoms with Gasteiger partial charge in [-0.1, -0.05) is 44.4 Å². The van der Waals surface area contributed by atoms with Crippen LogP contribution in [0.25, 0.3) is 0 Å². The Morgan fingerprint density at radius 2 is 1.95 bits per heavy atom. The van der Waals surface area contributed by atoms with Gasteiger partial charge >= 0.3 is 0 Å². The summed E-state index contributed by atoms with van der Waals surface area (Å²) in [5, 5.41) is 12.7. The second-order valence-electron chi connectivity index (χ2n) is 5.46. The predicted molar refractivity (Wildman–Crippen MR) is 76.2 cm³/mol. The first kappa shape index (κ1) is 14.1. The van der Waals surface area contributed by atoms with E-state index in [2.05, 4.69) is 12.2 Å². The zero-order valence-corrected chi connectivity index (χ0v) is 11.6. The molecule has 1 aromatic carbocycles. The molecule has 3 heteroatoms. The summed E-state index contributed by atoms with van der Waals surface area (Å²) < 4.78 is 0. The normalized spacial score (nSPS) is 18.0. The van der Waals surface area contributed by atoms with Crippen LogP contribution >= 0.6 is 0 Å². The summed E-state index contributed by atoms with van der Waals surface area (Å²) in [6.45, 7) is 2.08. The van der Waals surface area contributed by atoms with Crippen LogP contribution in [0.4, 0.5) is 0 Å². The van der Waals surface area contributed by atoms with Crippen LogP contribution < -0.4 is 5.32 Å². The van der Waals surface area contributed by atoms with E-state index in [4.69, 9.17) is 0 Å². The Morgan fingerprint density at radius 3 is 2.58 bits per heavy atom. The third-order valence-corrected chi connectivity index (χ3v) is 4.13. The molecule has 0 aromatic heterocycles. The number of aliphatic hydroxyl groups excluding tert-OH is 1. The summed E-state index contributed by atoms with van der Waals surface area (Å²) in [6.07, 6.45) is 5.96. The Labute approximate surface area is 115 Å². The Bertz CT molecular complexity index is 436. The second kappa shape index (κ2) is 6.20. The van der Waals surface area contributed by atoms with Gasteiger partial charge in [0.2, 0.25) is 0 Å². The van der Waals surface area contributed by atoms with E-state index in [1.54, 1.807) is 0 Å². The minimum atomic E-state index is -0.407. The molecule has 2 rings (SSSR count). The fraction of sp³-hybridized carbons (Fsp3) is 0.562. The fourth-order valence-electron chi connectivity index (χ4n) is 2.91. The number of hydrogen-bond acceptors (Lipinski definition) is 2. The lowest BCUT2D eigenvalue weighted by Gasteiger charge is -2.36. The maximum absolute atomic E-state index is 12.4. The molecule has 0 saturated heterocycles. The molecular weight excluding hydrogens is 238 g/mol. The molecule has 0 spiro atoms. The number of aliphatic hydroxyl groups is 1. The number of nitrogens with one attached hydrogen (secondary N) is 1. The highest BCUT2D eigenvalue weighted by atomic mass is 16.3. The van der Waals surface area contributed by atoms with E-state index >= 15 is 0 Å². The molecule has 0 atom stereocenters. The molecule has 0 aliphatic heterocycles. The minimum absolute atomic E-state index is 0.0348. The van der Waals surface area contributed by atoms with Crippen LogP contribution in [0.1, 0.15) is 54.9 Å². The first-order valence-electron chi connectivity index (χ1n) is 7.22. The SMILES string of the molecule is CCc1ccccc1C(=O)NC1(CO)CCCCC1. The molecule has 1 saturated carbocycles. The van der Waals surface area contributed by atoms with Gasteiger partial charge in [-0.3, -0.25) is 4.79 Å². The molecule has 1 aliphatic rings. The van der Waals surface area contributed by atoms with Crippen molar-refractivity contribution in [2.75, 3.05) is 6.61 Å². The van der Waals surface area contributed by atoms with Crippen LogP contribution in [0.15, 0.2) is 24.3 Å². The third-order valence-electron chi connectivity index (χ3n) is 4.13. The van der Waals surface area contributed by atoms with Crippen molar-refractivity contribution in [3.05, 3.63) is 35.4 Å². The summed E-state index contributed by atoms with van der Waals surface area (Å²) in [5.41, 5.74) is 1.39. The van der Waals surface area contributed by atoms with Crippen LogP contribution in [0.5, 0.6) is 0 Å². The molecule has 3 nitrogen and oxygen atoms in total. The van der Waals surface area contributed by atoms with Crippen molar-refractivity contribution >= 4 is 5.91 Å². The Balaban J connectivity index is 2.15. The van der Waals surface area contributed by atoms with Crippen LogP contribution in [0.3, 0.4) is 0 Å². The summed E-state index contributed by atoms with van der Waals surface area (Å²) in [5.74, 6) is -0.0478. The van der Waals surface area contributed by atoms with Crippen LogP contribution in [-0.2, 0) is 6.42 Å². The molecule has 104 valence electrons. The van der Waals surface area contributed by atoms with Crippen molar-refractivity contribution in [2.24, 2.45) is 0 Å². The zero-order valence-electron chi connectivity index (χ0n) is 11.6. The average molecular weight is 261 g/mol. The number of rotatable bonds is 4. The molecule has 1 fully saturated rings. The highest BCUT2D eigenvalue weighted by molar-refractivity contribution is 5.96. The lowest BCUT2D eigenvalue weighted by Crippen LogP contribution is -2.52. The summed E-state index contributed by atoms with van der Waals surface area (Å²) >= 11 is 0. The quantitative estimate of drug-likeness (QED) is 0.875. The van der Waals surface area contributed by atoms with Crippen LogP contribution in [-0.4, -0.2) is 23.2 Å². The van der Waals surface area contributed by atoms with Crippen molar-refractivity contribution in [3.63, 3.8) is 0 Å². The van der Waals surface area contributed by atoms with Gasteiger partial charge in [0.15, 0.2) is 0 Å². The van der Waals surface area contributed by atoms with Crippen LogP contribution in [0, 0.1) is 0 Å². The third kappa shape index (κ3) is 3.16. The van der Waals surface area contributed by atoms with E-state index in [1.807, 2.05) is 24.3 Å². The van der Waals surface area contributed by atoms with Crippen LogP contribution in [0.2, 0.25) is 0 Å². The van der Waals surface area contributed by atoms with Crippen molar-refractivity contribution in [3.8, 4) is 0 Å². The topological polar surface area (TPSA) is 49.3 Å². The Kier molecular flexibility index (Phi) is 4.59. The Morgan fingerprint density at radius 1 is 1.26 bits per heavy atom. The molecule has 2 N–H and O–H groups in total. The molecule has 1 amide bonds. The number of aryl methyl sites for hydroxylation is 1. The van der Waals surface area contributed by atoms with Gasteiger partial charge in [-0.25, -0.2) is 0 Å². The van der Waals surface area contributed by atoms with E-state index in [1.165, 1.54) is 6.42 Å². The second-order valence-corrected chi connectivity index (χ2v) is 5.46. The Hall–Kier alpha value is -1.35. The van der Waals surface area contributed by atoms with Gasteiger partial charge in [-0.15, -0.1) is 0 Å². The van der Waals surface area contributed by atoms with E-state index < -0.39 is 5.54 Å². The molecule has 1 aliphatic carbocycles. The van der Waals surface area contributed by atoms with E-state index in [0.717, 1.165) is 43.2 Å². The maximum Gasteiger partial charge on any atom is 0.252 e. The van der Waals surface area contributed by atoms with Crippen molar-refractivity contribution < 1.29 is 9.90 Å². The van der Waals surface area contributed by atoms with E-state index in [0.29, 0.717) is 0 Å². The smallest absolute Gasteiger partial charge is 0.252 e. The number of benzene rings is 1. The minimum Gasteiger partial charge on any atom is -0.394 e. The first-order chi connectivity index (χ1) is 9.21. The molecular formula is C16H23NO2. The molecule has 0 radical (unpaired) electrons. The van der Waals surface area contributed by atoms with E-state index in [9.17, 15) is 9.90 Å². The molecule has 1 aromatic rings. The summed E-state index contributed by atoms with van der Waals surface area (Å²) in [4.78, 5) is 12.4. The zero-order chi connectivity index (χ0) is 13.7. The maximum atomic E-state index is 12.4. The highest BCUT2D eigenvalue weighted by Gasteiger charge is 2.33. The number of carbonyl (C=O) groups is 1. The predicted octanol–water partition coefficient (Wildman–Crippen LogP) is 2.67. The lowest BCUT2D eigenvalue weighted by molar-refractivity contribution is 0.0758. The number of hydrogen-bond donors (Lipinski definition) is 2. The van der Waals surface area contributed by atoms with Gasteiger partial charge in [-0.2, -0.15) is 0 Å². The average Bonchev–Trinajstić information content (AvgIpc) is 2.48. The molecule has 19 heavy (non-hydrogen) atoms. The summed E-state index contributed by atoms with van der Waals surface area (Å²) in [7, 11) is 0. The molecule has 0 bridgehead atoms. The first-order valence-corrected chi connectivity index (χ1v) is 7.22. The molecule has 0 heterocycles. The van der Waals surface area contributed by atoms with Gasteiger partial charge in [-0.05, 0) is 30.9 Å². The highest BCUT2D eigenvalue weighted by Crippen LogP contribution is 2.28. The number of carbonyl (C=O) groups excluding carboxylic acids is 1. The van der Waals surface area contributed by atoms with Gasteiger partial charge in [0.25, 0.3) is 5.91 Å². The number of amides is 1. The van der Waals surface area contributed by atoms with E-state index in [-0.39, 0.29) is 12.5 Å². The largest absolute Gasteiger partial charge is 0.394 e. The fourth-order valence-corrected chi connectivity index (χ4v) is 2.91. The van der Waals surface area contributed by atoms with Gasteiger partial charge in [0.1, 0.15) is 0 Å². The van der Waals surface area contributed by atoms with Crippen molar-refractivity contribution in [2.45, 2.75) is 51.0 Å². The summed E-state index contributed by atoms with van der Waals surface area (Å²) in [6, 6.07) is 7.70. The lowest BCUT2D eigenvalue weighted by atomic mass is 9.82. The standard InChI is InChI=1S/C16H23NO2/c1-2-13-8-4-5-9-14(13)15(19)17-16(12-18)10-6-3-7-11-16/h4-5,8-9,18H,2-3,6-7,10-12H2,1H3,(H,17,19). The van der Waals surface area contributed by atoms with Crippen molar-refractivity contribution in [1.29, 1.82) is 0 Å². The van der Waals surface area contributed by atoms with Gasteiger partial charge in [0.05, 0.1) is 12.1 Å². The van der Waals surface area contributed by atoms with Gasteiger partial charge < -0.3 is 10.4 Å². The monoisotopic (exact) mass is 261 g/mol. The van der Waals surface area contributed by atoms with Gasteiger partial charge in [0, 0.05) is 5.56 Å². The molecule has 0 unspecified atom stereocenters.